The van der Waals surface area contributed by atoms with Crippen molar-refractivity contribution in [2.75, 3.05) is 5.75 Å². The van der Waals surface area contributed by atoms with E-state index in [-0.39, 0.29) is 17.7 Å². The standard InChI is InChI=1S/C16H19N3O3S2/c1-8-10(3)24-16-13(8)15(17-7-18-16)23-6-12(20)22-9(2)14(21)19-11-4-5-11/h7,9,11H,4-6H2,1-3H3,(H,19,21)/t9-/m0/s1. The van der Waals surface area contributed by atoms with Crippen LogP contribution in [0.5, 0.6) is 0 Å². The average molecular weight is 365 g/mol. The van der Waals surface area contributed by atoms with Crippen LogP contribution in [0, 0.1) is 13.8 Å². The topological polar surface area (TPSA) is 81.2 Å². The van der Waals surface area contributed by atoms with Gasteiger partial charge in [0.2, 0.25) is 0 Å². The molecule has 1 atom stereocenters. The summed E-state index contributed by atoms with van der Waals surface area (Å²) in [5, 5.41) is 4.59. The van der Waals surface area contributed by atoms with Gasteiger partial charge >= 0.3 is 5.97 Å². The maximum absolute atomic E-state index is 12.0. The highest BCUT2D eigenvalue weighted by Crippen LogP contribution is 2.34. The summed E-state index contributed by atoms with van der Waals surface area (Å²) in [6.45, 7) is 5.67. The molecule has 8 heteroatoms. The maximum atomic E-state index is 12.0. The van der Waals surface area contributed by atoms with Crippen molar-refractivity contribution in [3.63, 3.8) is 0 Å². The van der Waals surface area contributed by atoms with Crippen molar-refractivity contribution in [3.05, 3.63) is 16.8 Å². The number of thiophene rings is 1. The number of esters is 1. The first-order chi connectivity index (χ1) is 11.5. The molecule has 0 aliphatic heterocycles. The summed E-state index contributed by atoms with van der Waals surface area (Å²) < 4.78 is 5.20. The second kappa shape index (κ2) is 7.06. The first kappa shape index (κ1) is 17.2. The monoisotopic (exact) mass is 365 g/mol. The molecule has 0 spiro atoms. The van der Waals surface area contributed by atoms with Crippen molar-refractivity contribution in [2.45, 2.75) is 50.8 Å². The van der Waals surface area contributed by atoms with E-state index in [1.54, 1.807) is 18.3 Å². The SMILES string of the molecule is Cc1sc2ncnc(SCC(=O)O[C@@H](C)C(=O)NC3CC3)c2c1C. The van der Waals surface area contributed by atoms with E-state index in [9.17, 15) is 9.59 Å². The second-order valence-corrected chi connectivity index (χ2v) is 8.01. The summed E-state index contributed by atoms with van der Waals surface area (Å²) in [7, 11) is 0. The zero-order chi connectivity index (χ0) is 17.3. The molecule has 0 bridgehead atoms. The van der Waals surface area contributed by atoms with Crippen molar-refractivity contribution in [1.82, 2.24) is 15.3 Å². The third kappa shape index (κ3) is 3.87. The predicted octanol–water partition coefficient (Wildman–Crippen LogP) is 2.61. The van der Waals surface area contributed by atoms with E-state index in [1.165, 1.54) is 23.0 Å². The number of aryl methyl sites for hydroxylation is 2. The molecule has 6 nitrogen and oxygen atoms in total. The average Bonchev–Trinajstić information content (AvgIpc) is 3.31. The number of aromatic nitrogens is 2. The third-order valence-corrected chi connectivity index (χ3v) is 5.94. The molecule has 24 heavy (non-hydrogen) atoms. The quantitative estimate of drug-likeness (QED) is 0.481. The smallest absolute Gasteiger partial charge is 0.317 e. The van der Waals surface area contributed by atoms with Crippen LogP contribution in [0.2, 0.25) is 0 Å². The highest BCUT2D eigenvalue weighted by Gasteiger charge is 2.27. The van der Waals surface area contributed by atoms with Gasteiger partial charge in [0.15, 0.2) is 6.10 Å². The van der Waals surface area contributed by atoms with Gasteiger partial charge in [0.1, 0.15) is 16.2 Å². The Morgan fingerprint density at radius 3 is 2.88 bits per heavy atom. The molecule has 1 N–H and O–H groups in total. The Morgan fingerprint density at radius 1 is 1.42 bits per heavy atom. The summed E-state index contributed by atoms with van der Waals surface area (Å²) in [6, 6.07) is 0.257. The molecule has 0 saturated heterocycles. The molecule has 2 aromatic heterocycles. The number of carbonyl (C=O) groups excluding carboxylic acids is 2. The molecule has 1 aliphatic carbocycles. The summed E-state index contributed by atoms with van der Waals surface area (Å²) in [4.78, 5) is 34.5. The molecule has 0 unspecified atom stereocenters. The van der Waals surface area contributed by atoms with E-state index in [0.717, 1.165) is 33.6 Å². The van der Waals surface area contributed by atoms with Crippen molar-refractivity contribution in [2.24, 2.45) is 0 Å². The van der Waals surface area contributed by atoms with Crippen LogP contribution in [0.4, 0.5) is 0 Å². The molecule has 1 amide bonds. The van der Waals surface area contributed by atoms with Gasteiger partial charge in [-0.05, 0) is 39.2 Å². The van der Waals surface area contributed by atoms with E-state index >= 15 is 0 Å². The van der Waals surface area contributed by atoms with Crippen LogP contribution in [-0.4, -0.2) is 39.7 Å². The molecular formula is C16H19N3O3S2. The molecule has 1 saturated carbocycles. The summed E-state index contributed by atoms with van der Waals surface area (Å²) in [5.74, 6) is -0.541. The minimum atomic E-state index is -0.769. The van der Waals surface area contributed by atoms with Gasteiger partial charge in [0.05, 0.1) is 5.75 Å². The fraction of sp³-hybridized carbons (Fsp3) is 0.500. The minimum Gasteiger partial charge on any atom is -0.452 e. The van der Waals surface area contributed by atoms with Gasteiger partial charge in [0, 0.05) is 16.3 Å². The van der Waals surface area contributed by atoms with Crippen LogP contribution < -0.4 is 5.32 Å². The first-order valence-electron chi connectivity index (χ1n) is 7.79. The largest absolute Gasteiger partial charge is 0.452 e. The number of rotatable bonds is 6. The number of fused-ring (bicyclic) bond motifs is 1. The Balaban J connectivity index is 1.59. The third-order valence-electron chi connectivity index (χ3n) is 3.86. The number of hydrogen-bond donors (Lipinski definition) is 1. The number of amides is 1. The van der Waals surface area contributed by atoms with Crippen LogP contribution in [0.1, 0.15) is 30.2 Å². The molecule has 2 heterocycles. The Kier molecular flexibility index (Phi) is 5.05. The lowest BCUT2D eigenvalue weighted by atomic mass is 10.2. The van der Waals surface area contributed by atoms with Gasteiger partial charge in [-0.2, -0.15) is 0 Å². The van der Waals surface area contributed by atoms with Gasteiger partial charge in [0.25, 0.3) is 5.91 Å². The number of carbonyl (C=O) groups is 2. The Hall–Kier alpha value is -1.67. The molecule has 128 valence electrons. The summed E-state index contributed by atoms with van der Waals surface area (Å²) in [5.41, 5.74) is 1.14. The summed E-state index contributed by atoms with van der Waals surface area (Å²) >= 11 is 2.93. The van der Waals surface area contributed by atoms with E-state index in [2.05, 4.69) is 15.3 Å². The molecule has 1 fully saturated rings. The van der Waals surface area contributed by atoms with Crippen LogP contribution in [0.15, 0.2) is 11.4 Å². The highest BCUT2D eigenvalue weighted by molar-refractivity contribution is 8.00. The van der Waals surface area contributed by atoms with Crippen LogP contribution in [0.25, 0.3) is 10.2 Å². The zero-order valence-electron chi connectivity index (χ0n) is 13.8. The number of ether oxygens (including phenoxy) is 1. The van der Waals surface area contributed by atoms with E-state index in [0.29, 0.717) is 0 Å². The van der Waals surface area contributed by atoms with Crippen molar-refractivity contribution < 1.29 is 14.3 Å². The Labute approximate surface area is 148 Å². The minimum absolute atomic E-state index is 0.113. The molecule has 3 rings (SSSR count). The van der Waals surface area contributed by atoms with Gasteiger partial charge in [-0.1, -0.05) is 11.8 Å². The number of hydrogen-bond acceptors (Lipinski definition) is 7. The lowest BCUT2D eigenvalue weighted by Gasteiger charge is -2.13. The van der Waals surface area contributed by atoms with E-state index in [1.807, 2.05) is 13.8 Å². The first-order valence-corrected chi connectivity index (χ1v) is 9.59. The zero-order valence-corrected chi connectivity index (χ0v) is 15.4. The molecule has 0 aromatic carbocycles. The van der Waals surface area contributed by atoms with Crippen molar-refractivity contribution in [3.8, 4) is 0 Å². The number of nitrogens with one attached hydrogen (secondary N) is 1. The molecule has 1 aliphatic rings. The Bertz CT molecular complexity index is 786. The van der Waals surface area contributed by atoms with E-state index in [4.69, 9.17) is 4.74 Å². The number of nitrogens with zero attached hydrogens (tertiary/aromatic N) is 2. The molecular weight excluding hydrogens is 346 g/mol. The fourth-order valence-corrected chi connectivity index (χ4v) is 4.12. The van der Waals surface area contributed by atoms with Gasteiger partial charge in [-0.15, -0.1) is 11.3 Å². The van der Waals surface area contributed by atoms with Crippen molar-refractivity contribution >= 4 is 45.2 Å². The van der Waals surface area contributed by atoms with E-state index < -0.39 is 12.1 Å². The number of thioether (sulfide) groups is 1. The maximum Gasteiger partial charge on any atom is 0.317 e. The Morgan fingerprint density at radius 2 is 2.17 bits per heavy atom. The van der Waals surface area contributed by atoms with Crippen LogP contribution >= 0.6 is 23.1 Å². The van der Waals surface area contributed by atoms with Gasteiger partial charge < -0.3 is 10.1 Å². The highest BCUT2D eigenvalue weighted by atomic mass is 32.2. The summed E-state index contributed by atoms with van der Waals surface area (Å²) in [6.07, 6.45) is 2.75. The lowest BCUT2D eigenvalue weighted by Crippen LogP contribution is -2.37. The molecule has 2 aromatic rings. The lowest BCUT2D eigenvalue weighted by molar-refractivity contribution is -0.152. The van der Waals surface area contributed by atoms with Crippen LogP contribution in [0.3, 0.4) is 0 Å². The predicted molar refractivity (Wildman–Crippen MR) is 94.3 cm³/mol. The van der Waals surface area contributed by atoms with Gasteiger partial charge in [-0.3, -0.25) is 9.59 Å². The fourth-order valence-electron chi connectivity index (χ4n) is 2.22. The van der Waals surface area contributed by atoms with Crippen molar-refractivity contribution in [1.29, 1.82) is 0 Å². The van der Waals surface area contributed by atoms with Crippen LogP contribution in [-0.2, 0) is 14.3 Å². The normalized spacial score (nSPS) is 15.3. The molecule has 0 radical (unpaired) electrons. The second-order valence-electron chi connectivity index (χ2n) is 5.85. The van der Waals surface area contributed by atoms with Gasteiger partial charge in [-0.25, -0.2) is 9.97 Å².